The van der Waals surface area contributed by atoms with Gasteiger partial charge in [-0.25, -0.2) is 4.98 Å². The molecular weight excluding hydrogens is 695 g/mol. The zero-order chi connectivity index (χ0) is 38.3. The molecule has 5 nitrogen and oxygen atoms in total. The lowest BCUT2D eigenvalue weighted by Crippen LogP contribution is -2.08. The Morgan fingerprint density at radius 1 is 0.491 bits per heavy atom. The summed E-state index contributed by atoms with van der Waals surface area (Å²) in [5, 5.41) is 3.38. The number of hydrogen-bond acceptors (Lipinski definition) is 3. The topological polar surface area (TPSA) is 48.5 Å². The summed E-state index contributed by atoms with van der Waals surface area (Å²) in [6.07, 6.45) is 4.23. The van der Waals surface area contributed by atoms with Gasteiger partial charge in [-0.05, 0) is 65.6 Å². The summed E-state index contributed by atoms with van der Waals surface area (Å²) in [7, 11) is 0. The van der Waals surface area contributed by atoms with E-state index in [1.54, 1.807) is 0 Å². The van der Waals surface area contributed by atoms with E-state index in [-0.39, 0.29) is 0 Å². The second-order valence-electron chi connectivity index (χ2n) is 14.2. The van der Waals surface area contributed by atoms with Crippen molar-refractivity contribution in [1.29, 1.82) is 0 Å². The van der Waals surface area contributed by atoms with Gasteiger partial charge in [-0.3, -0.25) is 4.57 Å². The molecule has 0 aliphatic carbocycles. The summed E-state index contributed by atoms with van der Waals surface area (Å²) in [6.45, 7) is 6.63. The average Bonchev–Trinajstić information content (AvgIpc) is 3.80. The second kappa shape index (κ2) is 14.2. The number of para-hydroxylation sites is 2. The summed E-state index contributed by atoms with van der Waals surface area (Å²) in [5.41, 5.74) is 12.6. The van der Waals surface area contributed by atoms with Crippen molar-refractivity contribution in [2.45, 2.75) is 6.92 Å². The van der Waals surface area contributed by atoms with Gasteiger partial charge < -0.3 is 4.57 Å². The molecule has 57 heavy (non-hydrogen) atoms. The first-order chi connectivity index (χ1) is 28.2. The SMILES string of the molecule is C=Cc1c(/C=C(\C)c2cccc(-c3ccccc3)c2)c2ccc3c4ccccc4n(-c4ccccc4)c3c2n1-c1nc(-c2ccccc2)nc(-c2ccccc2)n1. The molecule has 10 aromatic rings. The molecule has 0 aliphatic heterocycles. The molecule has 0 unspecified atom stereocenters. The molecule has 0 saturated carbocycles. The minimum absolute atomic E-state index is 0.517. The van der Waals surface area contributed by atoms with Gasteiger partial charge in [0.2, 0.25) is 5.95 Å². The Balaban J connectivity index is 1.33. The second-order valence-corrected chi connectivity index (χ2v) is 14.2. The summed E-state index contributed by atoms with van der Waals surface area (Å²) in [4.78, 5) is 15.6. The van der Waals surface area contributed by atoms with Crippen molar-refractivity contribution in [3.8, 4) is 45.5 Å². The maximum absolute atomic E-state index is 5.28. The third kappa shape index (κ3) is 5.94. The van der Waals surface area contributed by atoms with E-state index in [9.17, 15) is 0 Å². The molecule has 0 atom stereocenters. The molecule has 270 valence electrons. The van der Waals surface area contributed by atoms with Crippen molar-refractivity contribution in [2.75, 3.05) is 0 Å². The number of rotatable bonds is 8. The summed E-state index contributed by atoms with van der Waals surface area (Å²) < 4.78 is 4.57. The predicted molar refractivity (Wildman–Crippen MR) is 237 cm³/mol. The van der Waals surface area contributed by atoms with Gasteiger partial charge >= 0.3 is 0 Å². The maximum atomic E-state index is 5.28. The molecule has 0 saturated heterocycles. The van der Waals surface area contributed by atoms with Crippen LogP contribution in [0.15, 0.2) is 189 Å². The first kappa shape index (κ1) is 33.9. The van der Waals surface area contributed by atoms with Gasteiger partial charge in [0.25, 0.3) is 0 Å². The fourth-order valence-electron chi connectivity index (χ4n) is 8.04. The highest BCUT2D eigenvalue weighted by Gasteiger charge is 2.25. The fourth-order valence-corrected chi connectivity index (χ4v) is 8.04. The van der Waals surface area contributed by atoms with Crippen LogP contribution in [0, 0.1) is 0 Å². The van der Waals surface area contributed by atoms with E-state index in [1.807, 2.05) is 66.7 Å². The quantitative estimate of drug-likeness (QED) is 0.156. The maximum Gasteiger partial charge on any atom is 0.238 e. The molecule has 0 N–H and O–H groups in total. The first-order valence-corrected chi connectivity index (χ1v) is 19.2. The Kier molecular flexibility index (Phi) is 8.46. The zero-order valence-electron chi connectivity index (χ0n) is 31.4. The normalized spacial score (nSPS) is 11.8. The third-order valence-electron chi connectivity index (χ3n) is 10.7. The van der Waals surface area contributed by atoms with Gasteiger partial charge in [-0.2, -0.15) is 9.97 Å². The Morgan fingerprint density at radius 2 is 1.04 bits per heavy atom. The van der Waals surface area contributed by atoms with Crippen LogP contribution in [0.4, 0.5) is 0 Å². The highest BCUT2D eigenvalue weighted by molar-refractivity contribution is 6.20. The van der Waals surface area contributed by atoms with Crippen molar-refractivity contribution >= 4 is 50.4 Å². The molecule has 0 fully saturated rings. The smallest absolute Gasteiger partial charge is 0.238 e. The van der Waals surface area contributed by atoms with Crippen LogP contribution in [0.1, 0.15) is 23.7 Å². The minimum atomic E-state index is 0.517. The number of allylic oxidation sites excluding steroid dienone is 1. The van der Waals surface area contributed by atoms with E-state index in [0.717, 1.165) is 66.5 Å². The van der Waals surface area contributed by atoms with E-state index in [4.69, 9.17) is 15.0 Å². The standard InChI is InChI=1S/C52H37N5/c1-3-46-45(33-35(2)39-25-18-26-40(34-39)36-19-8-4-9-20-36)44-32-31-43-42-29-16-17-30-47(42)56(41-27-14-7-15-28-41)48(43)49(44)57(46)52-54-50(37-21-10-5-11-22-37)53-51(55-52)38-23-12-6-13-24-38/h3-34H,1H2,2H3/b35-33+. The van der Waals surface area contributed by atoms with Gasteiger partial charge in [-0.15, -0.1) is 0 Å². The average molecular weight is 732 g/mol. The van der Waals surface area contributed by atoms with E-state index >= 15 is 0 Å². The van der Waals surface area contributed by atoms with Gasteiger partial charge in [-0.1, -0.05) is 164 Å². The summed E-state index contributed by atoms with van der Waals surface area (Å²) >= 11 is 0. The number of nitrogens with zero attached hydrogens (tertiary/aromatic N) is 5. The van der Waals surface area contributed by atoms with Crippen molar-refractivity contribution in [3.05, 3.63) is 205 Å². The van der Waals surface area contributed by atoms with Crippen molar-refractivity contribution in [2.24, 2.45) is 0 Å². The molecule has 0 radical (unpaired) electrons. The van der Waals surface area contributed by atoms with E-state index in [2.05, 4.69) is 150 Å². The van der Waals surface area contributed by atoms with Gasteiger partial charge in [0.05, 0.1) is 22.2 Å². The number of hydrogen-bond donors (Lipinski definition) is 0. The molecule has 10 rings (SSSR count). The molecule has 3 heterocycles. The Labute approximate surface area is 331 Å². The Morgan fingerprint density at radius 3 is 1.68 bits per heavy atom. The Bertz CT molecular complexity index is 3060. The number of fused-ring (bicyclic) bond motifs is 5. The van der Waals surface area contributed by atoms with E-state index in [0.29, 0.717) is 17.6 Å². The van der Waals surface area contributed by atoms with Crippen LogP contribution in [0.2, 0.25) is 0 Å². The van der Waals surface area contributed by atoms with Crippen LogP contribution in [0.25, 0.3) is 96.0 Å². The summed E-state index contributed by atoms with van der Waals surface area (Å²) in [6, 6.07) is 63.3. The number of aromatic nitrogens is 5. The third-order valence-corrected chi connectivity index (χ3v) is 10.7. The lowest BCUT2D eigenvalue weighted by atomic mass is 9.97. The van der Waals surface area contributed by atoms with Crippen molar-refractivity contribution in [1.82, 2.24) is 24.1 Å². The molecular formula is C52H37N5. The predicted octanol–water partition coefficient (Wildman–Crippen LogP) is 13.1. The lowest BCUT2D eigenvalue weighted by molar-refractivity contribution is 0.926. The van der Waals surface area contributed by atoms with E-state index in [1.165, 1.54) is 16.5 Å². The van der Waals surface area contributed by atoms with Gasteiger partial charge in [0.15, 0.2) is 11.6 Å². The molecule has 0 amide bonds. The summed E-state index contributed by atoms with van der Waals surface area (Å²) in [5.74, 6) is 1.71. The molecule has 3 aromatic heterocycles. The van der Waals surface area contributed by atoms with Gasteiger partial charge in [0, 0.05) is 38.5 Å². The van der Waals surface area contributed by atoms with Crippen LogP contribution >= 0.6 is 0 Å². The lowest BCUT2D eigenvalue weighted by Gasteiger charge is -2.14. The van der Waals surface area contributed by atoms with Gasteiger partial charge in [0.1, 0.15) is 0 Å². The van der Waals surface area contributed by atoms with E-state index < -0.39 is 0 Å². The van der Waals surface area contributed by atoms with Crippen molar-refractivity contribution in [3.63, 3.8) is 0 Å². The zero-order valence-corrected chi connectivity index (χ0v) is 31.4. The highest BCUT2D eigenvalue weighted by atomic mass is 15.2. The Hall–Kier alpha value is -7.63. The largest absolute Gasteiger partial charge is 0.307 e. The molecule has 0 aliphatic rings. The molecule has 0 spiro atoms. The molecule has 0 bridgehead atoms. The van der Waals surface area contributed by atoms with Crippen LogP contribution in [0.5, 0.6) is 0 Å². The van der Waals surface area contributed by atoms with Crippen LogP contribution in [0.3, 0.4) is 0 Å². The van der Waals surface area contributed by atoms with Crippen LogP contribution in [-0.4, -0.2) is 24.1 Å². The highest BCUT2D eigenvalue weighted by Crippen LogP contribution is 2.42. The fraction of sp³-hybridized carbons (Fsp3) is 0.0192. The first-order valence-electron chi connectivity index (χ1n) is 19.2. The molecule has 7 aromatic carbocycles. The van der Waals surface area contributed by atoms with Crippen molar-refractivity contribution < 1.29 is 0 Å². The van der Waals surface area contributed by atoms with Crippen LogP contribution < -0.4 is 0 Å². The van der Waals surface area contributed by atoms with Crippen LogP contribution in [-0.2, 0) is 0 Å². The molecule has 5 heteroatoms. The number of benzene rings is 7. The minimum Gasteiger partial charge on any atom is -0.307 e. The monoisotopic (exact) mass is 731 g/mol.